The first-order valence-electron chi connectivity index (χ1n) is 10.7. The first-order chi connectivity index (χ1) is 14.3. The van der Waals surface area contributed by atoms with E-state index < -0.39 is 10.0 Å². The Balaban J connectivity index is 2.24. The molecule has 0 aliphatic heterocycles. The van der Waals surface area contributed by atoms with Gasteiger partial charge in [0.1, 0.15) is 6.54 Å². The van der Waals surface area contributed by atoms with Gasteiger partial charge in [0.2, 0.25) is 5.91 Å². The van der Waals surface area contributed by atoms with E-state index in [1.54, 1.807) is 42.5 Å². The van der Waals surface area contributed by atoms with Crippen LogP contribution in [0.15, 0.2) is 53.4 Å². The molecule has 0 unspecified atom stereocenters. The summed E-state index contributed by atoms with van der Waals surface area (Å²) in [5, 5.41) is 2.95. The summed E-state index contributed by atoms with van der Waals surface area (Å²) >= 11 is 0. The minimum Gasteiger partial charge on any atom is -0.354 e. The molecule has 164 valence electrons. The highest BCUT2D eigenvalue weighted by Gasteiger charge is 2.27. The molecule has 0 aliphatic carbocycles. The molecule has 1 N–H and O–H groups in total. The van der Waals surface area contributed by atoms with Gasteiger partial charge in [-0.25, -0.2) is 8.42 Å². The third-order valence-electron chi connectivity index (χ3n) is 5.32. The third kappa shape index (κ3) is 6.59. The molecular formula is C24H34N2O3S. The largest absolute Gasteiger partial charge is 0.354 e. The number of unbranched alkanes of at least 4 members (excludes halogenated alkanes) is 1. The number of nitrogens with zero attached hydrogens (tertiary/aromatic N) is 1. The zero-order valence-corrected chi connectivity index (χ0v) is 19.3. The van der Waals surface area contributed by atoms with Crippen molar-refractivity contribution in [1.82, 2.24) is 5.32 Å². The van der Waals surface area contributed by atoms with Crippen molar-refractivity contribution in [3.8, 4) is 0 Å². The van der Waals surface area contributed by atoms with Crippen molar-refractivity contribution in [2.24, 2.45) is 5.92 Å². The molecule has 0 aliphatic rings. The number of carbonyl (C=O) groups excluding carboxylic acids is 1. The lowest BCUT2D eigenvalue weighted by Gasteiger charge is -2.25. The number of hydrogen-bond donors (Lipinski definition) is 1. The Morgan fingerprint density at radius 1 is 1.03 bits per heavy atom. The van der Waals surface area contributed by atoms with E-state index in [1.807, 2.05) is 19.9 Å². The first kappa shape index (κ1) is 23.9. The normalized spacial score (nSPS) is 12.4. The van der Waals surface area contributed by atoms with E-state index in [4.69, 9.17) is 0 Å². The Morgan fingerprint density at radius 2 is 1.73 bits per heavy atom. The fourth-order valence-electron chi connectivity index (χ4n) is 3.32. The highest BCUT2D eigenvalue weighted by molar-refractivity contribution is 7.92. The minimum absolute atomic E-state index is 0.178. The summed E-state index contributed by atoms with van der Waals surface area (Å²) in [6, 6.07) is 13.9. The number of anilines is 1. The number of rotatable bonds is 11. The van der Waals surface area contributed by atoms with Gasteiger partial charge in [0.05, 0.1) is 10.6 Å². The van der Waals surface area contributed by atoms with Crippen LogP contribution in [0.4, 0.5) is 5.69 Å². The molecule has 5 nitrogen and oxygen atoms in total. The molecule has 0 saturated heterocycles. The van der Waals surface area contributed by atoms with E-state index in [0.29, 0.717) is 18.2 Å². The maximum Gasteiger partial charge on any atom is 0.264 e. The molecule has 1 atom stereocenters. The van der Waals surface area contributed by atoms with E-state index in [0.717, 1.165) is 36.8 Å². The Bertz CT molecular complexity index is 924. The second kappa shape index (κ2) is 11.2. The number of amides is 1. The molecule has 0 spiro atoms. The molecule has 0 aromatic heterocycles. The molecule has 0 bridgehead atoms. The van der Waals surface area contributed by atoms with Crippen LogP contribution in [0, 0.1) is 19.8 Å². The first-order valence-corrected chi connectivity index (χ1v) is 12.1. The number of hydrogen-bond acceptors (Lipinski definition) is 3. The Labute approximate surface area is 181 Å². The SMILES string of the molecule is CCCC[C@H](CC)CNC(=O)CN(c1cccc(C)c1)S(=O)(=O)c1ccc(C)cc1. The predicted octanol–water partition coefficient (Wildman–Crippen LogP) is 4.83. The molecule has 0 fully saturated rings. The Morgan fingerprint density at radius 3 is 2.33 bits per heavy atom. The van der Waals surface area contributed by atoms with E-state index in [1.165, 1.54) is 4.31 Å². The van der Waals surface area contributed by atoms with Crippen LogP contribution < -0.4 is 9.62 Å². The number of carbonyl (C=O) groups is 1. The molecule has 2 aromatic carbocycles. The van der Waals surface area contributed by atoms with Gasteiger partial charge in [0.15, 0.2) is 0 Å². The van der Waals surface area contributed by atoms with E-state index in [2.05, 4.69) is 19.2 Å². The van der Waals surface area contributed by atoms with Crippen molar-refractivity contribution >= 4 is 21.6 Å². The maximum absolute atomic E-state index is 13.4. The lowest BCUT2D eigenvalue weighted by atomic mass is 9.99. The van der Waals surface area contributed by atoms with Crippen molar-refractivity contribution in [3.63, 3.8) is 0 Å². The highest BCUT2D eigenvalue weighted by atomic mass is 32.2. The average molecular weight is 431 g/mol. The van der Waals surface area contributed by atoms with Gasteiger partial charge < -0.3 is 5.32 Å². The van der Waals surface area contributed by atoms with Gasteiger partial charge in [-0.3, -0.25) is 9.10 Å². The molecule has 0 saturated carbocycles. The summed E-state index contributed by atoms with van der Waals surface area (Å²) in [6.07, 6.45) is 4.31. The Hall–Kier alpha value is -2.34. The van der Waals surface area contributed by atoms with Gasteiger partial charge in [-0.2, -0.15) is 0 Å². The van der Waals surface area contributed by atoms with Gasteiger partial charge in [-0.15, -0.1) is 0 Å². The molecule has 30 heavy (non-hydrogen) atoms. The second-order valence-electron chi connectivity index (χ2n) is 7.88. The fraction of sp³-hybridized carbons (Fsp3) is 0.458. The van der Waals surface area contributed by atoms with Crippen LogP contribution >= 0.6 is 0 Å². The third-order valence-corrected chi connectivity index (χ3v) is 7.11. The van der Waals surface area contributed by atoms with E-state index in [9.17, 15) is 13.2 Å². The molecule has 6 heteroatoms. The van der Waals surface area contributed by atoms with Gasteiger partial charge >= 0.3 is 0 Å². The number of benzene rings is 2. The number of sulfonamides is 1. The number of aryl methyl sites for hydroxylation is 2. The van der Waals surface area contributed by atoms with Crippen molar-refractivity contribution < 1.29 is 13.2 Å². The molecule has 2 aromatic rings. The zero-order valence-electron chi connectivity index (χ0n) is 18.5. The van der Waals surface area contributed by atoms with Gasteiger partial charge in [0, 0.05) is 6.54 Å². The van der Waals surface area contributed by atoms with Gasteiger partial charge in [0.25, 0.3) is 10.0 Å². The Kier molecular flexibility index (Phi) is 8.90. The van der Waals surface area contributed by atoms with Crippen LogP contribution in [0.5, 0.6) is 0 Å². The van der Waals surface area contributed by atoms with Gasteiger partial charge in [-0.05, 0) is 56.0 Å². The molecule has 0 heterocycles. The molecule has 0 radical (unpaired) electrons. The van der Waals surface area contributed by atoms with E-state index >= 15 is 0 Å². The minimum atomic E-state index is -3.87. The zero-order chi connectivity index (χ0) is 22.1. The van der Waals surface area contributed by atoms with Crippen molar-refractivity contribution in [1.29, 1.82) is 0 Å². The summed E-state index contributed by atoms with van der Waals surface area (Å²) < 4.78 is 27.9. The summed E-state index contributed by atoms with van der Waals surface area (Å²) in [4.78, 5) is 12.9. The van der Waals surface area contributed by atoms with E-state index in [-0.39, 0.29) is 17.3 Å². The molecular weight excluding hydrogens is 396 g/mol. The second-order valence-corrected chi connectivity index (χ2v) is 9.75. The summed E-state index contributed by atoms with van der Waals surface area (Å²) in [7, 11) is -3.87. The predicted molar refractivity (Wildman–Crippen MR) is 123 cm³/mol. The summed E-state index contributed by atoms with van der Waals surface area (Å²) in [5.41, 5.74) is 2.40. The summed E-state index contributed by atoms with van der Waals surface area (Å²) in [5.74, 6) is 0.122. The molecule has 1 amide bonds. The standard InChI is InChI=1S/C24H34N2O3S/c1-5-7-10-21(6-2)17-25-24(27)18-26(22-11-8-9-20(4)16-22)30(28,29)23-14-12-19(3)13-15-23/h8-9,11-16,21H,5-7,10,17-18H2,1-4H3,(H,25,27)/t21-/m0/s1. The quantitative estimate of drug-likeness (QED) is 0.555. The van der Waals surface area contributed by atoms with Crippen LogP contribution in [0.25, 0.3) is 0 Å². The average Bonchev–Trinajstić information content (AvgIpc) is 2.72. The smallest absolute Gasteiger partial charge is 0.264 e. The van der Waals surface area contributed by atoms with Crippen LogP contribution in [-0.2, 0) is 14.8 Å². The van der Waals surface area contributed by atoms with Crippen LogP contribution in [0.3, 0.4) is 0 Å². The lowest BCUT2D eigenvalue weighted by Crippen LogP contribution is -2.42. The topological polar surface area (TPSA) is 66.5 Å². The van der Waals surface area contributed by atoms with Gasteiger partial charge in [-0.1, -0.05) is 62.9 Å². The lowest BCUT2D eigenvalue weighted by molar-refractivity contribution is -0.119. The van der Waals surface area contributed by atoms with Crippen molar-refractivity contribution in [2.45, 2.75) is 58.3 Å². The van der Waals surface area contributed by atoms with Crippen LogP contribution in [0.2, 0.25) is 0 Å². The summed E-state index contributed by atoms with van der Waals surface area (Å²) in [6.45, 7) is 8.41. The van der Waals surface area contributed by atoms with Crippen LogP contribution in [-0.4, -0.2) is 27.4 Å². The molecule has 2 rings (SSSR count). The number of nitrogens with one attached hydrogen (secondary N) is 1. The fourth-order valence-corrected chi connectivity index (χ4v) is 4.74. The monoisotopic (exact) mass is 430 g/mol. The van der Waals surface area contributed by atoms with Crippen molar-refractivity contribution in [3.05, 3.63) is 59.7 Å². The highest BCUT2D eigenvalue weighted by Crippen LogP contribution is 2.24. The maximum atomic E-state index is 13.4. The van der Waals surface area contributed by atoms with Crippen molar-refractivity contribution in [2.75, 3.05) is 17.4 Å². The van der Waals surface area contributed by atoms with Crippen LogP contribution in [0.1, 0.15) is 50.7 Å².